The molecular formula is C14H17N5O5. The fraction of sp³-hybridized carbons (Fsp3) is 0.357. The van der Waals surface area contributed by atoms with E-state index in [1.165, 1.54) is 13.2 Å². The Labute approximate surface area is 136 Å². The van der Waals surface area contributed by atoms with E-state index in [2.05, 4.69) is 15.5 Å². The number of aryl methyl sites for hydroxylation is 2. The topological polar surface area (TPSA) is 139 Å². The molecule has 24 heavy (non-hydrogen) atoms. The average Bonchev–Trinajstić information content (AvgIpc) is 3.03. The summed E-state index contributed by atoms with van der Waals surface area (Å²) >= 11 is 0. The Hall–Kier alpha value is -3.17. The lowest BCUT2D eigenvalue weighted by molar-refractivity contribution is -0.139. The molecule has 0 saturated heterocycles. The van der Waals surface area contributed by atoms with Gasteiger partial charge in [0, 0.05) is 26.2 Å². The molecule has 0 fully saturated rings. The number of carboxylic acids is 2. The Morgan fingerprint density at radius 2 is 1.79 bits per heavy atom. The lowest BCUT2D eigenvalue weighted by Gasteiger charge is -2.15. The lowest BCUT2D eigenvalue weighted by atomic mass is 10.1. The van der Waals surface area contributed by atoms with Gasteiger partial charge in [0.15, 0.2) is 0 Å². The Bertz CT molecular complexity index is 807. The minimum Gasteiger partial charge on any atom is -0.480 e. The number of aromatic nitrogens is 4. The highest BCUT2D eigenvalue weighted by atomic mass is 16.4. The van der Waals surface area contributed by atoms with E-state index in [0.717, 1.165) is 16.6 Å². The van der Waals surface area contributed by atoms with Gasteiger partial charge in [-0.25, -0.2) is 9.59 Å². The molecule has 0 aliphatic carbocycles. The van der Waals surface area contributed by atoms with E-state index in [1.807, 2.05) is 0 Å². The van der Waals surface area contributed by atoms with Crippen LogP contribution >= 0.6 is 0 Å². The minimum atomic E-state index is -1.32. The van der Waals surface area contributed by atoms with Gasteiger partial charge in [0.05, 0.1) is 12.4 Å². The first-order chi connectivity index (χ1) is 11.2. The van der Waals surface area contributed by atoms with E-state index in [1.54, 1.807) is 18.7 Å². The molecule has 0 aromatic carbocycles. The third-order valence-corrected chi connectivity index (χ3v) is 3.75. The van der Waals surface area contributed by atoms with Crippen LogP contribution in [0.4, 0.5) is 0 Å². The van der Waals surface area contributed by atoms with Crippen molar-refractivity contribution < 1.29 is 24.6 Å². The summed E-state index contributed by atoms with van der Waals surface area (Å²) < 4.78 is 2.69. The highest BCUT2D eigenvalue weighted by molar-refractivity contribution is 6.04. The number of carbonyl (C=O) groups is 3. The van der Waals surface area contributed by atoms with Crippen LogP contribution < -0.4 is 5.32 Å². The molecule has 0 unspecified atom stereocenters. The Kier molecular flexibility index (Phi) is 4.67. The summed E-state index contributed by atoms with van der Waals surface area (Å²) in [5.41, 5.74) is 0.948. The van der Waals surface area contributed by atoms with Gasteiger partial charge in [0.25, 0.3) is 5.91 Å². The summed E-state index contributed by atoms with van der Waals surface area (Å²) in [6.45, 7) is 1.78. The van der Waals surface area contributed by atoms with Gasteiger partial charge in [0.1, 0.15) is 17.3 Å². The monoisotopic (exact) mass is 335 g/mol. The predicted octanol–water partition coefficient (Wildman–Crippen LogP) is -0.414. The molecule has 0 aliphatic rings. The molecular weight excluding hydrogens is 318 g/mol. The molecule has 1 amide bonds. The van der Waals surface area contributed by atoms with Crippen LogP contribution in [-0.4, -0.2) is 53.7 Å². The number of carboxylic acid groups (broad SMARTS) is 2. The lowest BCUT2D eigenvalue weighted by Crippen LogP contribution is -2.43. The number of nitrogens with one attached hydrogen (secondary N) is 1. The predicted molar refractivity (Wildman–Crippen MR) is 80.7 cm³/mol. The van der Waals surface area contributed by atoms with Gasteiger partial charge in [-0.1, -0.05) is 0 Å². The van der Waals surface area contributed by atoms with Gasteiger partial charge in [0.2, 0.25) is 0 Å². The Morgan fingerprint density at radius 3 is 2.29 bits per heavy atom. The van der Waals surface area contributed by atoms with E-state index in [9.17, 15) is 19.5 Å². The number of nitrogens with zero attached hydrogens (tertiary/aromatic N) is 4. The third kappa shape index (κ3) is 3.26. The smallest absolute Gasteiger partial charge is 0.339 e. The summed E-state index contributed by atoms with van der Waals surface area (Å²) in [5.74, 6) is -3.37. The molecule has 0 bridgehead atoms. The van der Waals surface area contributed by atoms with Crippen molar-refractivity contribution in [2.75, 3.05) is 0 Å². The molecule has 2 heterocycles. The summed E-state index contributed by atoms with van der Waals surface area (Å²) in [7, 11) is 3.13. The molecule has 10 nitrogen and oxygen atoms in total. The van der Waals surface area contributed by atoms with Crippen LogP contribution in [0.15, 0.2) is 12.4 Å². The molecule has 0 saturated carbocycles. The largest absolute Gasteiger partial charge is 0.480 e. The standard InChI is InChI=1S/C14H17N5O5/c1-7-8(5-15-18(7)2)4-10(14(23)24)17-12(20)11-9(13(21)22)6-16-19(11)3/h5-6,10H,4H2,1-3H3,(H,17,20)(H,21,22)(H,23,24)/t10-/m1/s1. The van der Waals surface area contributed by atoms with Crippen LogP contribution in [0.25, 0.3) is 0 Å². The molecule has 3 N–H and O–H groups in total. The SMILES string of the molecule is Cc1c(C[C@@H](NC(=O)c2c(C(=O)O)cnn2C)C(=O)O)cnn1C. The van der Waals surface area contributed by atoms with Crippen LogP contribution in [0.3, 0.4) is 0 Å². The second-order valence-electron chi connectivity index (χ2n) is 5.28. The molecule has 0 spiro atoms. The van der Waals surface area contributed by atoms with Crippen molar-refractivity contribution in [2.45, 2.75) is 19.4 Å². The van der Waals surface area contributed by atoms with Crippen molar-refractivity contribution in [1.29, 1.82) is 0 Å². The highest BCUT2D eigenvalue weighted by Crippen LogP contribution is 2.11. The molecule has 10 heteroatoms. The van der Waals surface area contributed by atoms with Gasteiger partial charge < -0.3 is 15.5 Å². The van der Waals surface area contributed by atoms with Crippen LogP contribution in [0.1, 0.15) is 32.1 Å². The minimum absolute atomic E-state index is 0.0288. The van der Waals surface area contributed by atoms with Crippen molar-refractivity contribution in [3.63, 3.8) is 0 Å². The van der Waals surface area contributed by atoms with E-state index in [4.69, 9.17) is 5.11 Å². The number of hydrogen-bond donors (Lipinski definition) is 3. The molecule has 2 aromatic rings. The van der Waals surface area contributed by atoms with Crippen molar-refractivity contribution in [3.05, 3.63) is 34.9 Å². The average molecular weight is 335 g/mol. The molecule has 0 aliphatic heterocycles. The Balaban J connectivity index is 2.24. The maximum atomic E-state index is 12.3. The van der Waals surface area contributed by atoms with Gasteiger partial charge in [-0.2, -0.15) is 10.2 Å². The first-order valence-corrected chi connectivity index (χ1v) is 6.98. The van der Waals surface area contributed by atoms with Crippen molar-refractivity contribution >= 4 is 17.8 Å². The first-order valence-electron chi connectivity index (χ1n) is 6.98. The molecule has 0 radical (unpaired) electrons. The molecule has 2 rings (SSSR count). The number of aromatic carboxylic acids is 1. The maximum absolute atomic E-state index is 12.3. The van der Waals surface area contributed by atoms with Gasteiger partial charge in [-0.3, -0.25) is 14.2 Å². The normalized spacial score (nSPS) is 12.0. The zero-order valence-electron chi connectivity index (χ0n) is 13.3. The summed E-state index contributed by atoms with van der Waals surface area (Å²) in [5, 5.41) is 28.5. The van der Waals surface area contributed by atoms with Gasteiger partial charge >= 0.3 is 11.9 Å². The van der Waals surface area contributed by atoms with Crippen molar-refractivity contribution in [1.82, 2.24) is 24.9 Å². The van der Waals surface area contributed by atoms with Crippen LogP contribution in [0.2, 0.25) is 0 Å². The van der Waals surface area contributed by atoms with E-state index < -0.39 is 23.9 Å². The van der Waals surface area contributed by atoms with E-state index >= 15 is 0 Å². The van der Waals surface area contributed by atoms with Crippen molar-refractivity contribution in [3.8, 4) is 0 Å². The fourth-order valence-corrected chi connectivity index (χ4v) is 2.25. The molecule has 1 atom stereocenters. The zero-order chi connectivity index (χ0) is 18.0. The van der Waals surface area contributed by atoms with Crippen molar-refractivity contribution in [2.24, 2.45) is 14.1 Å². The van der Waals surface area contributed by atoms with Crippen LogP contribution in [0.5, 0.6) is 0 Å². The first kappa shape index (κ1) is 17.2. The summed E-state index contributed by atoms with van der Waals surface area (Å²) in [4.78, 5) is 34.9. The van der Waals surface area contributed by atoms with Crippen LogP contribution in [-0.2, 0) is 25.3 Å². The summed E-state index contributed by atoms with van der Waals surface area (Å²) in [6, 6.07) is -1.23. The number of rotatable bonds is 6. The maximum Gasteiger partial charge on any atom is 0.339 e. The molecule has 128 valence electrons. The van der Waals surface area contributed by atoms with Crippen LogP contribution in [0, 0.1) is 6.92 Å². The highest BCUT2D eigenvalue weighted by Gasteiger charge is 2.27. The number of carbonyl (C=O) groups excluding carboxylic acids is 1. The number of amides is 1. The fourth-order valence-electron chi connectivity index (χ4n) is 2.25. The molecule has 2 aromatic heterocycles. The zero-order valence-corrected chi connectivity index (χ0v) is 13.3. The summed E-state index contributed by atoms with van der Waals surface area (Å²) in [6.07, 6.45) is 2.60. The quantitative estimate of drug-likeness (QED) is 0.651. The number of aliphatic carboxylic acids is 1. The Morgan fingerprint density at radius 1 is 1.17 bits per heavy atom. The van der Waals surface area contributed by atoms with Gasteiger partial charge in [-0.15, -0.1) is 0 Å². The third-order valence-electron chi connectivity index (χ3n) is 3.75. The number of hydrogen-bond acceptors (Lipinski definition) is 5. The second kappa shape index (κ2) is 6.52. The van der Waals surface area contributed by atoms with Gasteiger partial charge in [-0.05, 0) is 12.5 Å². The van der Waals surface area contributed by atoms with E-state index in [-0.39, 0.29) is 17.7 Å². The van der Waals surface area contributed by atoms with E-state index in [0.29, 0.717) is 5.56 Å². The second-order valence-corrected chi connectivity index (χ2v) is 5.28.